The van der Waals surface area contributed by atoms with E-state index in [1.54, 1.807) is 0 Å². The van der Waals surface area contributed by atoms with Crippen LogP contribution in [-0.4, -0.2) is 36.1 Å². The van der Waals surface area contributed by atoms with E-state index in [1.165, 1.54) is 45.3 Å². The van der Waals surface area contributed by atoms with Gasteiger partial charge in [-0.25, -0.2) is 0 Å². The van der Waals surface area contributed by atoms with E-state index in [-0.39, 0.29) is 0 Å². The van der Waals surface area contributed by atoms with Crippen LogP contribution in [0.15, 0.2) is 0 Å². The molecule has 0 amide bonds. The van der Waals surface area contributed by atoms with Crippen LogP contribution in [0.4, 0.5) is 0 Å². The van der Waals surface area contributed by atoms with Gasteiger partial charge in [-0.1, -0.05) is 48.5 Å². The van der Waals surface area contributed by atoms with E-state index >= 15 is 0 Å². The SMILES string of the molecule is CCC1(CC)CNC(CC(C)C)CN1CCC(C)(C)C. The molecule has 20 heavy (non-hydrogen) atoms. The highest BCUT2D eigenvalue weighted by atomic mass is 15.3. The van der Waals surface area contributed by atoms with Crippen molar-refractivity contribution in [2.45, 2.75) is 85.7 Å². The molecule has 1 saturated heterocycles. The molecule has 1 aliphatic rings. The Hall–Kier alpha value is -0.0800. The van der Waals surface area contributed by atoms with Gasteiger partial charge in [0, 0.05) is 24.7 Å². The molecule has 120 valence electrons. The smallest absolute Gasteiger partial charge is 0.0329 e. The fraction of sp³-hybridized carbons (Fsp3) is 1.00. The molecular weight excluding hydrogens is 244 g/mol. The Morgan fingerprint density at radius 1 is 1.20 bits per heavy atom. The lowest BCUT2D eigenvalue weighted by Crippen LogP contribution is -2.64. The Kier molecular flexibility index (Phi) is 6.53. The maximum Gasteiger partial charge on any atom is 0.0329 e. The van der Waals surface area contributed by atoms with Crippen LogP contribution in [0.3, 0.4) is 0 Å². The predicted octanol–water partition coefficient (Wildman–Crippen LogP) is 4.30. The monoisotopic (exact) mass is 282 g/mol. The molecule has 0 aromatic rings. The highest BCUT2D eigenvalue weighted by Gasteiger charge is 2.38. The van der Waals surface area contributed by atoms with E-state index in [0.717, 1.165) is 5.92 Å². The number of nitrogens with zero attached hydrogens (tertiary/aromatic N) is 1. The topological polar surface area (TPSA) is 15.3 Å². The van der Waals surface area contributed by atoms with E-state index in [2.05, 4.69) is 58.7 Å². The summed E-state index contributed by atoms with van der Waals surface area (Å²) in [5.41, 5.74) is 0.824. The fourth-order valence-electron chi connectivity index (χ4n) is 3.44. The number of rotatable bonds is 6. The first-order valence-electron chi connectivity index (χ1n) is 8.71. The maximum absolute atomic E-state index is 3.83. The molecule has 1 N–H and O–H groups in total. The second-order valence-electron chi connectivity index (χ2n) is 8.40. The third kappa shape index (κ3) is 5.04. The molecule has 0 bridgehead atoms. The maximum atomic E-state index is 3.83. The van der Waals surface area contributed by atoms with Crippen LogP contribution in [0.2, 0.25) is 0 Å². The van der Waals surface area contributed by atoms with E-state index in [1.807, 2.05) is 0 Å². The van der Waals surface area contributed by atoms with Crippen LogP contribution in [0.25, 0.3) is 0 Å². The van der Waals surface area contributed by atoms with Crippen LogP contribution in [0, 0.1) is 11.3 Å². The largest absolute Gasteiger partial charge is 0.311 e. The van der Waals surface area contributed by atoms with Gasteiger partial charge in [-0.15, -0.1) is 0 Å². The Bertz CT molecular complexity index is 274. The van der Waals surface area contributed by atoms with Crippen LogP contribution in [0.5, 0.6) is 0 Å². The molecule has 1 fully saturated rings. The van der Waals surface area contributed by atoms with Crippen molar-refractivity contribution >= 4 is 0 Å². The molecule has 0 spiro atoms. The fourth-order valence-corrected chi connectivity index (χ4v) is 3.44. The van der Waals surface area contributed by atoms with Crippen LogP contribution < -0.4 is 5.32 Å². The number of piperazine rings is 1. The summed E-state index contributed by atoms with van der Waals surface area (Å²) in [6, 6.07) is 0.682. The minimum atomic E-state index is 0.388. The van der Waals surface area contributed by atoms with Crippen molar-refractivity contribution in [2.75, 3.05) is 19.6 Å². The Labute approximate surface area is 127 Å². The molecule has 0 aromatic heterocycles. The molecule has 0 radical (unpaired) electrons. The molecule has 1 unspecified atom stereocenters. The summed E-state index contributed by atoms with van der Waals surface area (Å²) in [4.78, 5) is 2.81. The van der Waals surface area contributed by atoms with Crippen molar-refractivity contribution in [2.24, 2.45) is 11.3 Å². The Morgan fingerprint density at radius 3 is 2.25 bits per heavy atom. The number of nitrogens with one attached hydrogen (secondary N) is 1. The van der Waals surface area contributed by atoms with Crippen molar-refractivity contribution in [3.8, 4) is 0 Å². The summed E-state index contributed by atoms with van der Waals surface area (Å²) in [6.45, 7) is 20.1. The van der Waals surface area contributed by atoms with Crippen LogP contribution >= 0.6 is 0 Å². The highest BCUT2D eigenvalue weighted by Crippen LogP contribution is 2.30. The van der Waals surface area contributed by atoms with Gasteiger partial charge in [0.2, 0.25) is 0 Å². The molecule has 1 heterocycles. The van der Waals surface area contributed by atoms with Crippen LogP contribution in [-0.2, 0) is 0 Å². The molecule has 0 aliphatic carbocycles. The summed E-state index contributed by atoms with van der Waals surface area (Å²) in [5.74, 6) is 0.785. The van der Waals surface area contributed by atoms with Crippen molar-refractivity contribution in [1.82, 2.24) is 10.2 Å². The molecule has 1 rings (SSSR count). The third-order valence-electron chi connectivity index (χ3n) is 5.04. The minimum Gasteiger partial charge on any atom is -0.311 e. The summed E-state index contributed by atoms with van der Waals surface area (Å²) in [7, 11) is 0. The number of hydrogen-bond donors (Lipinski definition) is 1. The van der Waals surface area contributed by atoms with E-state index < -0.39 is 0 Å². The predicted molar refractivity (Wildman–Crippen MR) is 90.2 cm³/mol. The normalized spacial score (nSPS) is 24.3. The second-order valence-corrected chi connectivity index (χ2v) is 8.40. The van der Waals surface area contributed by atoms with Crippen molar-refractivity contribution in [1.29, 1.82) is 0 Å². The molecule has 0 saturated carbocycles. The first kappa shape index (κ1) is 18.0. The molecular formula is C18H38N2. The minimum absolute atomic E-state index is 0.388. The van der Waals surface area contributed by atoms with Crippen molar-refractivity contribution < 1.29 is 0 Å². The standard InChI is InChI=1S/C18H38N2/c1-8-18(9-2)14-19-16(12-15(3)4)13-20(18)11-10-17(5,6)7/h15-16,19H,8-14H2,1-7H3. The first-order chi connectivity index (χ1) is 9.22. The Balaban J connectivity index is 2.72. The van der Waals surface area contributed by atoms with Gasteiger partial charge in [-0.2, -0.15) is 0 Å². The molecule has 2 nitrogen and oxygen atoms in total. The summed E-state index contributed by atoms with van der Waals surface area (Å²) < 4.78 is 0. The van der Waals surface area contributed by atoms with Crippen molar-refractivity contribution in [3.05, 3.63) is 0 Å². The molecule has 2 heteroatoms. The quantitative estimate of drug-likeness (QED) is 0.781. The molecule has 1 atom stereocenters. The molecule has 1 aliphatic heterocycles. The average molecular weight is 283 g/mol. The van der Waals surface area contributed by atoms with E-state index in [9.17, 15) is 0 Å². The average Bonchev–Trinajstić information content (AvgIpc) is 2.35. The number of hydrogen-bond acceptors (Lipinski definition) is 2. The van der Waals surface area contributed by atoms with Gasteiger partial charge in [0.05, 0.1) is 0 Å². The zero-order valence-electron chi connectivity index (χ0n) is 15.1. The Morgan fingerprint density at radius 2 is 1.80 bits per heavy atom. The summed E-state index contributed by atoms with van der Waals surface area (Å²) in [5, 5.41) is 3.83. The highest BCUT2D eigenvalue weighted by molar-refractivity contribution is 4.97. The molecule has 0 aromatic carbocycles. The van der Waals surface area contributed by atoms with E-state index in [0.29, 0.717) is 17.0 Å². The van der Waals surface area contributed by atoms with E-state index in [4.69, 9.17) is 0 Å². The third-order valence-corrected chi connectivity index (χ3v) is 5.04. The van der Waals surface area contributed by atoms with Gasteiger partial charge in [0.1, 0.15) is 0 Å². The first-order valence-corrected chi connectivity index (χ1v) is 8.71. The van der Waals surface area contributed by atoms with Gasteiger partial charge in [-0.3, -0.25) is 4.90 Å². The van der Waals surface area contributed by atoms with Crippen molar-refractivity contribution in [3.63, 3.8) is 0 Å². The van der Waals surface area contributed by atoms with Gasteiger partial charge >= 0.3 is 0 Å². The van der Waals surface area contributed by atoms with Crippen LogP contribution in [0.1, 0.15) is 74.1 Å². The zero-order chi connectivity index (χ0) is 15.4. The lowest BCUT2D eigenvalue weighted by atomic mass is 9.84. The second kappa shape index (κ2) is 7.26. The van der Waals surface area contributed by atoms with Gasteiger partial charge in [0.25, 0.3) is 0 Å². The zero-order valence-corrected chi connectivity index (χ0v) is 15.1. The summed E-state index contributed by atoms with van der Waals surface area (Å²) in [6.07, 6.45) is 5.11. The lowest BCUT2D eigenvalue weighted by molar-refractivity contribution is 0.0198. The van der Waals surface area contributed by atoms with Gasteiger partial charge in [-0.05, 0) is 43.6 Å². The summed E-state index contributed by atoms with van der Waals surface area (Å²) >= 11 is 0. The lowest BCUT2D eigenvalue weighted by Gasteiger charge is -2.50. The van der Waals surface area contributed by atoms with Gasteiger partial charge in [0.15, 0.2) is 0 Å². The van der Waals surface area contributed by atoms with Gasteiger partial charge < -0.3 is 5.32 Å².